The molecule has 0 bridgehead atoms. The van der Waals surface area contributed by atoms with Gasteiger partial charge in [0.15, 0.2) is 0 Å². The fraction of sp³-hybridized carbons (Fsp3) is 0.348. The number of rotatable bonds is 4. The van der Waals surface area contributed by atoms with Gasteiger partial charge in [0.2, 0.25) is 0 Å². The van der Waals surface area contributed by atoms with Gasteiger partial charge in [-0.2, -0.15) is 0 Å². The summed E-state index contributed by atoms with van der Waals surface area (Å²) >= 11 is 12.7. The predicted octanol–water partition coefficient (Wildman–Crippen LogP) is 6.59. The Kier molecular flexibility index (Phi) is 5.15. The molecule has 3 nitrogen and oxygen atoms in total. The summed E-state index contributed by atoms with van der Waals surface area (Å²) in [5.41, 5.74) is 12.1. The minimum Gasteiger partial charge on any atom is -0.387 e. The Labute approximate surface area is 176 Å². The summed E-state index contributed by atoms with van der Waals surface area (Å²) in [7, 11) is 0. The predicted molar refractivity (Wildman–Crippen MR) is 120 cm³/mol. The van der Waals surface area contributed by atoms with Crippen LogP contribution in [0.25, 0.3) is 0 Å². The van der Waals surface area contributed by atoms with Crippen LogP contribution in [-0.2, 0) is 5.41 Å². The van der Waals surface area contributed by atoms with Crippen molar-refractivity contribution in [1.29, 1.82) is 0 Å². The normalized spacial score (nSPS) is 17.6. The van der Waals surface area contributed by atoms with Gasteiger partial charge >= 0.3 is 0 Å². The molecular formula is C23H25Cl2N3. The summed E-state index contributed by atoms with van der Waals surface area (Å²) in [5.74, 6) is 0.662. The molecule has 5 heteroatoms. The van der Waals surface area contributed by atoms with Gasteiger partial charge in [-0.05, 0) is 66.8 Å². The quantitative estimate of drug-likeness (QED) is 0.453. The summed E-state index contributed by atoms with van der Waals surface area (Å²) in [5, 5.41) is 1.48. The third-order valence-electron chi connectivity index (χ3n) is 5.85. The minimum atomic E-state index is -0.189. The van der Waals surface area contributed by atoms with E-state index in [9.17, 15) is 0 Å². The summed E-state index contributed by atoms with van der Waals surface area (Å²) in [6.07, 6.45) is 6.21. The number of nitrogens with zero attached hydrogens (tertiary/aromatic N) is 2. The van der Waals surface area contributed by atoms with Crippen molar-refractivity contribution in [2.45, 2.75) is 44.9 Å². The molecule has 28 heavy (non-hydrogen) atoms. The second-order valence-electron chi connectivity index (χ2n) is 8.11. The molecule has 0 saturated heterocycles. The van der Waals surface area contributed by atoms with E-state index < -0.39 is 0 Å². The zero-order chi connectivity index (χ0) is 19.9. The van der Waals surface area contributed by atoms with Crippen molar-refractivity contribution < 1.29 is 0 Å². The standard InChI is InChI=1S/C23H25Cl2N3/c1-23(2)18-12-16(24)6-8-20(18)28(21-9-7-17(25)13-19(21)23)11-10-22(26)27-14-15-4-3-5-15/h6-9,12-14H,3-5,10-11H2,1-2H3,(H2,26,27). The van der Waals surface area contributed by atoms with Gasteiger partial charge in [-0.25, -0.2) is 4.99 Å². The molecule has 0 aromatic heterocycles. The highest BCUT2D eigenvalue weighted by atomic mass is 35.5. The number of anilines is 2. The molecule has 0 unspecified atom stereocenters. The first kappa shape index (κ1) is 19.4. The second kappa shape index (κ2) is 7.46. The molecule has 146 valence electrons. The lowest BCUT2D eigenvalue weighted by atomic mass is 9.73. The lowest BCUT2D eigenvalue weighted by molar-refractivity contribution is 0.624. The van der Waals surface area contributed by atoms with Crippen molar-refractivity contribution in [2.24, 2.45) is 10.7 Å². The molecule has 1 aliphatic carbocycles. The van der Waals surface area contributed by atoms with Crippen LogP contribution in [0.1, 0.15) is 50.7 Å². The molecule has 1 fully saturated rings. The van der Waals surface area contributed by atoms with Crippen molar-refractivity contribution in [1.82, 2.24) is 0 Å². The van der Waals surface area contributed by atoms with E-state index in [2.05, 4.69) is 48.0 Å². The fourth-order valence-electron chi connectivity index (χ4n) is 3.98. The molecule has 2 aliphatic rings. The van der Waals surface area contributed by atoms with E-state index in [1.54, 1.807) is 0 Å². The van der Waals surface area contributed by atoms with Gasteiger partial charge in [-0.15, -0.1) is 0 Å². The number of nitrogens with two attached hydrogens (primary N) is 1. The van der Waals surface area contributed by atoms with Crippen LogP contribution in [0.4, 0.5) is 11.4 Å². The first-order chi connectivity index (χ1) is 13.4. The SMILES string of the molecule is CC1(C)c2cc(Cl)ccc2N(CCC(N)=NC=C2CCC2)c2ccc(Cl)cc21. The number of aliphatic imine (C=N–C) groups is 1. The van der Waals surface area contributed by atoms with E-state index >= 15 is 0 Å². The highest BCUT2D eigenvalue weighted by molar-refractivity contribution is 6.31. The highest BCUT2D eigenvalue weighted by Gasteiger charge is 2.36. The molecule has 1 aliphatic heterocycles. The molecule has 2 aromatic rings. The Hall–Kier alpha value is -1.97. The molecule has 0 atom stereocenters. The van der Waals surface area contributed by atoms with Crippen molar-refractivity contribution >= 4 is 40.4 Å². The van der Waals surface area contributed by atoms with Crippen molar-refractivity contribution in [2.75, 3.05) is 11.4 Å². The molecule has 2 N–H and O–H groups in total. The smallest absolute Gasteiger partial charge is 0.101 e. The van der Waals surface area contributed by atoms with Gasteiger partial charge in [0.05, 0.1) is 0 Å². The third kappa shape index (κ3) is 3.54. The van der Waals surface area contributed by atoms with Crippen LogP contribution < -0.4 is 10.6 Å². The Morgan fingerprint density at radius 1 is 1.07 bits per heavy atom. The minimum absolute atomic E-state index is 0.189. The van der Waals surface area contributed by atoms with E-state index in [4.69, 9.17) is 28.9 Å². The molecule has 4 rings (SSSR count). The van der Waals surface area contributed by atoms with Gasteiger partial charge < -0.3 is 10.6 Å². The molecule has 1 saturated carbocycles. The highest BCUT2D eigenvalue weighted by Crippen LogP contribution is 2.50. The largest absolute Gasteiger partial charge is 0.387 e. The summed E-state index contributed by atoms with van der Waals surface area (Å²) < 4.78 is 0. The zero-order valence-electron chi connectivity index (χ0n) is 16.3. The third-order valence-corrected chi connectivity index (χ3v) is 6.32. The first-order valence-electron chi connectivity index (χ1n) is 9.74. The van der Waals surface area contributed by atoms with Gasteiger partial charge in [0.25, 0.3) is 0 Å². The van der Waals surface area contributed by atoms with Crippen LogP contribution in [0.2, 0.25) is 10.0 Å². The van der Waals surface area contributed by atoms with Crippen LogP contribution in [0.15, 0.2) is 53.2 Å². The van der Waals surface area contributed by atoms with Gasteiger partial charge in [-0.1, -0.05) is 42.6 Å². The van der Waals surface area contributed by atoms with Crippen LogP contribution in [0.5, 0.6) is 0 Å². The van der Waals surface area contributed by atoms with Crippen LogP contribution in [0.3, 0.4) is 0 Å². The van der Waals surface area contributed by atoms with E-state index in [1.807, 2.05) is 18.3 Å². The fourth-order valence-corrected chi connectivity index (χ4v) is 4.32. The van der Waals surface area contributed by atoms with Crippen LogP contribution in [-0.4, -0.2) is 12.4 Å². The maximum absolute atomic E-state index is 6.34. The second-order valence-corrected chi connectivity index (χ2v) is 8.98. The van der Waals surface area contributed by atoms with Crippen molar-refractivity contribution in [3.05, 3.63) is 69.3 Å². The molecule has 0 spiro atoms. The Morgan fingerprint density at radius 3 is 2.14 bits per heavy atom. The van der Waals surface area contributed by atoms with Gasteiger partial charge in [-0.3, -0.25) is 0 Å². The van der Waals surface area contributed by atoms with Crippen LogP contribution >= 0.6 is 23.2 Å². The van der Waals surface area contributed by atoms with Crippen molar-refractivity contribution in [3.63, 3.8) is 0 Å². The van der Waals surface area contributed by atoms with Crippen molar-refractivity contribution in [3.8, 4) is 0 Å². The number of benzene rings is 2. The number of hydrogen-bond acceptors (Lipinski definition) is 2. The topological polar surface area (TPSA) is 41.6 Å². The molecule has 0 radical (unpaired) electrons. The van der Waals surface area contributed by atoms with Crippen LogP contribution in [0, 0.1) is 0 Å². The van der Waals surface area contributed by atoms with E-state index in [0.717, 1.165) is 40.8 Å². The molecule has 1 heterocycles. The zero-order valence-corrected chi connectivity index (χ0v) is 17.8. The maximum Gasteiger partial charge on any atom is 0.101 e. The summed E-state index contributed by atoms with van der Waals surface area (Å²) in [6.45, 7) is 5.18. The summed E-state index contributed by atoms with van der Waals surface area (Å²) in [6, 6.07) is 12.2. The van der Waals surface area contributed by atoms with Gasteiger partial charge in [0.1, 0.15) is 5.84 Å². The first-order valence-corrected chi connectivity index (χ1v) is 10.5. The average molecular weight is 414 g/mol. The van der Waals surface area contributed by atoms with E-state index in [-0.39, 0.29) is 5.41 Å². The average Bonchev–Trinajstić information content (AvgIpc) is 2.61. The van der Waals surface area contributed by atoms with E-state index in [1.165, 1.54) is 23.1 Å². The number of allylic oxidation sites excluding steroid dienone is 1. The maximum atomic E-state index is 6.34. The molecular weight excluding hydrogens is 389 g/mol. The van der Waals surface area contributed by atoms with E-state index in [0.29, 0.717) is 12.3 Å². The Morgan fingerprint density at radius 2 is 1.64 bits per heavy atom. The molecule has 0 amide bonds. The Balaban J connectivity index is 1.69. The summed E-state index contributed by atoms with van der Waals surface area (Å²) in [4.78, 5) is 6.77. The lowest BCUT2D eigenvalue weighted by Gasteiger charge is -2.42. The van der Waals surface area contributed by atoms with Gasteiger partial charge in [0, 0.05) is 46.0 Å². The molecule has 2 aromatic carbocycles. The lowest BCUT2D eigenvalue weighted by Crippen LogP contribution is -2.34. The Bertz CT molecular complexity index is 914. The number of halogens is 2. The number of hydrogen-bond donors (Lipinski definition) is 1. The monoisotopic (exact) mass is 413 g/mol. The number of amidine groups is 1. The number of fused-ring (bicyclic) bond motifs is 2.